The van der Waals surface area contributed by atoms with Crippen molar-refractivity contribution in [3.05, 3.63) is 80.0 Å². The van der Waals surface area contributed by atoms with Gasteiger partial charge in [-0.3, -0.25) is 4.79 Å². The molecule has 0 aliphatic carbocycles. The van der Waals surface area contributed by atoms with Gasteiger partial charge < -0.3 is 9.30 Å². The Kier molecular flexibility index (Phi) is 5.60. The van der Waals surface area contributed by atoms with E-state index in [2.05, 4.69) is 15.9 Å². The molecular weight excluding hydrogens is 439 g/mol. The molecule has 146 valence electrons. The fourth-order valence-corrected chi connectivity index (χ4v) is 3.10. The fourth-order valence-electron chi connectivity index (χ4n) is 2.84. The Bertz CT molecular complexity index is 1090. The number of rotatable bonds is 4. The smallest absolute Gasteiger partial charge is 0.416 e. The molecule has 1 aromatic heterocycles. The fraction of sp³-hybridized carbons (Fsp3) is 0.200. The summed E-state index contributed by atoms with van der Waals surface area (Å²) >= 11 is 3.33. The predicted molar refractivity (Wildman–Crippen MR) is 102 cm³/mol. The van der Waals surface area contributed by atoms with Crippen LogP contribution in [0.2, 0.25) is 0 Å². The number of pyridine rings is 1. The van der Waals surface area contributed by atoms with Crippen molar-refractivity contribution in [1.82, 2.24) is 4.57 Å². The summed E-state index contributed by atoms with van der Waals surface area (Å²) in [6, 6.07) is 10.0. The van der Waals surface area contributed by atoms with Gasteiger partial charge in [-0.15, -0.1) is 0 Å². The number of carbonyl (C=O) groups is 1. The van der Waals surface area contributed by atoms with Gasteiger partial charge >= 0.3 is 12.1 Å². The third-order valence-electron chi connectivity index (χ3n) is 4.17. The van der Waals surface area contributed by atoms with Crippen LogP contribution < -0.4 is 5.43 Å². The van der Waals surface area contributed by atoms with Crippen LogP contribution in [0.3, 0.4) is 0 Å². The minimum absolute atomic E-state index is 0.0238. The van der Waals surface area contributed by atoms with E-state index in [1.165, 1.54) is 10.8 Å². The third kappa shape index (κ3) is 4.11. The molecule has 3 aromatic rings. The van der Waals surface area contributed by atoms with Crippen LogP contribution in [-0.4, -0.2) is 17.1 Å². The largest absolute Gasteiger partial charge is 0.462 e. The molecule has 0 aliphatic heterocycles. The maximum Gasteiger partial charge on any atom is 0.416 e. The van der Waals surface area contributed by atoms with Crippen LogP contribution in [0.1, 0.15) is 28.4 Å². The number of halogens is 4. The lowest BCUT2D eigenvalue weighted by molar-refractivity contribution is -0.137. The molecule has 0 amide bonds. The van der Waals surface area contributed by atoms with Crippen LogP contribution in [0.4, 0.5) is 13.2 Å². The first-order valence-corrected chi connectivity index (χ1v) is 9.16. The van der Waals surface area contributed by atoms with Gasteiger partial charge in [0.25, 0.3) is 0 Å². The van der Waals surface area contributed by atoms with Crippen molar-refractivity contribution in [3.63, 3.8) is 0 Å². The molecule has 0 radical (unpaired) electrons. The van der Waals surface area contributed by atoms with Gasteiger partial charge in [0.05, 0.1) is 17.7 Å². The number of alkyl halides is 3. The van der Waals surface area contributed by atoms with Crippen LogP contribution in [-0.2, 0) is 17.5 Å². The molecule has 0 saturated heterocycles. The molecular formula is C20H15BrF3NO3. The summed E-state index contributed by atoms with van der Waals surface area (Å²) < 4.78 is 46.7. The standard InChI is InChI=1S/C20H15BrF3NO3/c1-2-28-19(27)16-11-25(10-12-3-6-14(21)7-4-12)17-9-13(20(22,23)24)5-8-15(17)18(16)26/h3-9,11H,2,10H2,1H3. The summed E-state index contributed by atoms with van der Waals surface area (Å²) in [5.74, 6) is -0.807. The monoisotopic (exact) mass is 453 g/mol. The van der Waals surface area contributed by atoms with Crippen LogP contribution in [0.25, 0.3) is 10.9 Å². The van der Waals surface area contributed by atoms with Crippen molar-refractivity contribution in [3.8, 4) is 0 Å². The van der Waals surface area contributed by atoms with Crippen molar-refractivity contribution in [2.45, 2.75) is 19.6 Å². The maximum atomic E-state index is 13.2. The third-order valence-corrected chi connectivity index (χ3v) is 4.70. The highest BCUT2D eigenvalue weighted by molar-refractivity contribution is 9.10. The highest BCUT2D eigenvalue weighted by Gasteiger charge is 2.31. The summed E-state index contributed by atoms with van der Waals surface area (Å²) in [7, 11) is 0. The molecule has 0 fully saturated rings. The molecule has 0 N–H and O–H groups in total. The zero-order chi connectivity index (χ0) is 20.5. The first-order chi connectivity index (χ1) is 13.2. The molecule has 0 aliphatic rings. The predicted octanol–water partition coefficient (Wildman–Crippen LogP) is 5.01. The van der Waals surface area contributed by atoms with Crippen LogP contribution in [0, 0.1) is 0 Å². The summed E-state index contributed by atoms with van der Waals surface area (Å²) in [6.45, 7) is 1.86. The van der Waals surface area contributed by atoms with Gasteiger partial charge in [-0.2, -0.15) is 13.2 Å². The van der Waals surface area contributed by atoms with Gasteiger partial charge in [0, 0.05) is 22.6 Å². The van der Waals surface area contributed by atoms with Gasteiger partial charge in [-0.25, -0.2) is 4.79 Å². The van der Waals surface area contributed by atoms with Crippen molar-refractivity contribution in [1.29, 1.82) is 0 Å². The second-order valence-corrected chi connectivity index (χ2v) is 6.99. The van der Waals surface area contributed by atoms with E-state index < -0.39 is 23.1 Å². The zero-order valence-electron chi connectivity index (χ0n) is 14.7. The zero-order valence-corrected chi connectivity index (χ0v) is 16.3. The lowest BCUT2D eigenvalue weighted by Gasteiger charge is -2.15. The van der Waals surface area contributed by atoms with Crippen molar-refractivity contribution in [2.24, 2.45) is 0 Å². The number of fused-ring (bicyclic) bond motifs is 1. The Morgan fingerprint density at radius 1 is 1.14 bits per heavy atom. The van der Waals surface area contributed by atoms with E-state index in [9.17, 15) is 22.8 Å². The molecule has 3 rings (SSSR count). The van der Waals surface area contributed by atoms with Crippen LogP contribution in [0.15, 0.2) is 57.9 Å². The highest BCUT2D eigenvalue weighted by atomic mass is 79.9. The van der Waals surface area contributed by atoms with E-state index >= 15 is 0 Å². The number of carbonyl (C=O) groups excluding carboxylic acids is 1. The molecule has 2 aromatic carbocycles. The second kappa shape index (κ2) is 7.79. The Morgan fingerprint density at radius 3 is 2.43 bits per heavy atom. The molecule has 0 saturated carbocycles. The average Bonchev–Trinajstić information content (AvgIpc) is 2.64. The first kappa shape index (κ1) is 20.1. The number of hydrogen-bond acceptors (Lipinski definition) is 3. The Hall–Kier alpha value is -2.61. The quantitative estimate of drug-likeness (QED) is 0.521. The summed E-state index contributed by atoms with van der Waals surface area (Å²) in [6.07, 6.45) is -3.29. The van der Waals surface area contributed by atoms with Gasteiger partial charge in [0.15, 0.2) is 0 Å². The first-order valence-electron chi connectivity index (χ1n) is 8.36. The molecule has 8 heteroatoms. The molecule has 1 heterocycles. The summed E-state index contributed by atoms with van der Waals surface area (Å²) in [5, 5.41) is 0.0238. The van der Waals surface area contributed by atoms with Gasteiger partial charge in [0.2, 0.25) is 5.43 Å². The van der Waals surface area contributed by atoms with E-state index in [0.29, 0.717) is 0 Å². The minimum atomic E-state index is -4.55. The highest BCUT2D eigenvalue weighted by Crippen LogP contribution is 2.31. The van der Waals surface area contributed by atoms with E-state index in [4.69, 9.17) is 4.74 Å². The Balaban J connectivity index is 2.23. The second-order valence-electron chi connectivity index (χ2n) is 6.08. The van der Waals surface area contributed by atoms with Crippen molar-refractivity contribution in [2.75, 3.05) is 6.61 Å². The summed E-state index contributed by atoms with van der Waals surface area (Å²) in [4.78, 5) is 24.8. The van der Waals surface area contributed by atoms with E-state index in [-0.39, 0.29) is 29.6 Å². The van der Waals surface area contributed by atoms with Gasteiger partial charge in [-0.05, 0) is 42.8 Å². The Labute approximate surface area is 166 Å². The van der Waals surface area contributed by atoms with Gasteiger partial charge in [0.1, 0.15) is 5.56 Å². The molecule has 0 spiro atoms. The number of esters is 1. The number of ether oxygens (including phenoxy) is 1. The summed E-state index contributed by atoms with van der Waals surface area (Å²) in [5.41, 5.74) is -0.857. The van der Waals surface area contributed by atoms with Crippen LogP contribution in [0.5, 0.6) is 0 Å². The van der Waals surface area contributed by atoms with Crippen molar-refractivity contribution < 1.29 is 22.7 Å². The van der Waals surface area contributed by atoms with E-state index in [0.717, 1.165) is 28.2 Å². The Morgan fingerprint density at radius 2 is 1.82 bits per heavy atom. The van der Waals surface area contributed by atoms with Gasteiger partial charge in [-0.1, -0.05) is 28.1 Å². The van der Waals surface area contributed by atoms with E-state index in [1.54, 1.807) is 31.2 Å². The number of hydrogen-bond donors (Lipinski definition) is 0. The number of benzene rings is 2. The lowest BCUT2D eigenvalue weighted by atomic mass is 10.1. The van der Waals surface area contributed by atoms with Crippen LogP contribution >= 0.6 is 15.9 Å². The number of nitrogens with zero attached hydrogens (tertiary/aromatic N) is 1. The topological polar surface area (TPSA) is 48.3 Å². The SMILES string of the molecule is CCOC(=O)c1cn(Cc2ccc(Br)cc2)c2cc(C(F)(F)F)ccc2c1=O. The normalized spacial score (nSPS) is 11.6. The maximum absolute atomic E-state index is 13.2. The number of aromatic nitrogens is 1. The lowest BCUT2D eigenvalue weighted by Crippen LogP contribution is -2.21. The molecule has 0 unspecified atom stereocenters. The van der Waals surface area contributed by atoms with Crippen molar-refractivity contribution >= 4 is 32.8 Å². The molecule has 4 nitrogen and oxygen atoms in total. The average molecular weight is 454 g/mol. The van der Waals surface area contributed by atoms with E-state index in [1.807, 2.05) is 0 Å². The molecule has 28 heavy (non-hydrogen) atoms. The molecule has 0 atom stereocenters. The molecule has 0 bridgehead atoms. The minimum Gasteiger partial charge on any atom is -0.462 e.